The predicted octanol–water partition coefficient (Wildman–Crippen LogP) is 3.67. The number of aromatic nitrogens is 4. The molecule has 3 heterocycles. The minimum absolute atomic E-state index is 0.0639. The lowest BCUT2D eigenvalue weighted by Crippen LogP contribution is -2.37. The fourth-order valence-corrected chi connectivity index (χ4v) is 3.84. The molecule has 11 heteroatoms. The van der Waals surface area contributed by atoms with Crippen molar-refractivity contribution in [2.75, 3.05) is 6.54 Å². The molecule has 2 N–H and O–H groups in total. The van der Waals surface area contributed by atoms with Crippen LogP contribution in [0.2, 0.25) is 0 Å². The smallest absolute Gasteiger partial charge is 0.272 e. The van der Waals surface area contributed by atoms with Gasteiger partial charge in [-0.3, -0.25) is 4.79 Å². The van der Waals surface area contributed by atoms with Gasteiger partial charge in [0.25, 0.3) is 5.91 Å². The number of benzene rings is 1. The molecule has 0 bridgehead atoms. The van der Waals surface area contributed by atoms with Crippen LogP contribution in [0.15, 0.2) is 16.7 Å². The quantitative estimate of drug-likeness (QED) is 0.575. The number of hydrogen-bond donors (Lipinski definition) is 2. The number of aryl methyl sites for hydroxylation is 1. The fraction of sp³-hybridized carbons (Fsp3) is 0.455. The number of imidazole rings is 1. The molecule has 2 aromatic heterocycles. The molecule has 1 amide bonds. The zero-order chi connectivity index (χ0) is 23.9. The van der Waals surface area contributed by atoms with E-state index in [0.717, 1.165) is 6.07 Å². The second-order valence-electron chi connectivity index (χ2n) is 9.11. The zero-order valence-electron chi connectivity index (χ0n) is 18.8. The summed E-state index contributed by atoms with van der Waals surface area (Å²) in [6, 6.07) is 0.624. The van der Waals surface area contributed by atoms with E-state index in [1.807, 2.05) is 20.8 Å². The van der Waals surface area contributed by atoms with Gasteiger partial charge in [0.15, 0.2) is 23.2 Å². The Balaban J connectivity index is 1.78. The van der Waals surface area contributed by atoms with E-state index in [1.165, 1.54) is 0 Å². The van der Waals surface area contributed by atoms with Crippen molar-refractivity contribution in [3.63, 3.8) is 0 Å². The number of nitrogens with zero attached hydrogens (tertiary/aromatic N) is 4. The molecule has 1 atom stereocenters. The van der Waals surface area contributed by atoms with E-state index in [0.29, 0.717) is 43.6 Å². The van der Waals surface area contributed by atoms with Crippen LogP contribution in [-0.4, -0.2) is 32.1 Å². The van der Waals surface area contributed by atoms with Gasteiger partial charge in [-0.25, -0.2) is 18.2 Å². The first-order valence-corrected chi connectivity index (χ1v) is 10.6. The van der Waals surface area contributed by atoms with Crippen molar-refractivity contribution in [3.05, 3.63) is 52.7 Å². The van der Waals surface area contributed by atoms with Gasteiger partial charge in [-0.05, 0) is 31.4 Å². The summed E-state index contributed by atoms with van der Waals surface area (Å²) in [6.07, 6.45) is 0.689. The molecule has 1 aliphatic rings. The van der Waals surface area contributed by atoms with Crippen LogP contribution in [0.4, 0.5) is 13.2 Å². The van der Waals surface area contributed by atoms with Gasteiger partial charge in [-0.1, -0.05) is 25.9 Å². The highest BCUT2D eigenvalue weighted by Gasteiger charge is 2.35. The molecule has 1 aliphatic heterocycles. The molecule has 3 aromatic rings. The molecule has 0 spiro atoms. The van der Waals surface area contributed by atoms with E-state index in [2.05, 4.69) is 25.8 Å². The average molecular weight is 462 g/mol. The number of rotatable bonds is 4. The lowest BCUT2D eigenvalue weighted by atomic mass is 9.86. The van der Waals surface area contributed by atoms with E-state index < -0.39 is 34.8 Å². The Morgan fingerprint density at radius 1 is 1.18 bits per heavy atom. The third-order valence-corrected chi connectivity index (χ3v) is 5.50. The second kappa shape index (κ2) is 8.62. The lowest BCUT2D eigenvalue weighted by Gasteiger charge is -2.28. The highest BCUT2D eigenvalue weighted by atomic mass is 19.2. The Morgan fingerprint density at radius 3 is 2.58 bits per heavy atom. The number of halogens is 3. The van der Waals surface area contributed by atoms with Crippen molar-refractivity contribution in [2.24, 2.45) is 5.41 Å². The minimum atomic E-state index is -1.29. The molecule has 1 aromatic carbocycles. The van der Waals surface area contributed by atoms with Crippen molar-refractivity contribution in [1.29, 1.82) is 0 Å². The van der Waals surface area contributed by atoms with Crippen LogP contribution in [-0.2, 0) is 13.1 Å². The van der Waals surface area contributed by atoms with Gasteiger partial charge in [-0.2, -0.15) is 4.98 Å². The molecule has 0 saturated heterocycles. The van der Waals surface area contributed by atoms with E-state index in [-0.39, 0.29) is 23.0 Å². The van der Waals surface area contributed by atoms with Crippen LogP contribution < -0.4 is 10.6 Å². The maximum atomic E-state index is 14.6. The summed E-state index contributed by atoms with van der Waals surface area (Å²) in [5.41, 5.74) is -0.0954. The highest BCUT2D eigenvalue weighted by Crippen LogP contribution is 2.33. The van der Waals surface area contributed by atoms with Gasteiger partial charge >= 0.3 is 0 Å². The standard InChI is InChI=1S/C22H25F3N6O2/c1-11-27-21(33-30-11)18(22(2,3)4)29-20(32)17-16-10-26-6-5-7-31(16)19(28-17)12-8-14(24)15(25)9-13(12)23/h8-9,18,26H,5-7,10H2,1-4H3,(H,29,32). The summed E-state index contributed by atoms with van der Waals surface area (Å²) >= 11 is 0. The summed E-state index contributed by atoms with van der Waals surface area (Å²) < 4.78 is 49.0. The Labute approximate surface area is 188 Å². The number of hydrogen-bond acceptors (Lipinski definition) is 6. The topological polar surface area (TPSA) is 97.9 Å². The Morgan fingerprint density at radius 2 is 1.91 bits per heavy atom. The summed E-state index contributed by atoms with van der Waals surface area (Å²) in [4.78, 5) is 22.0. The number of carbonyl (C=O) groups excluding carboxylic acids is 1. The van der Waals surface area contributed by atoms with E-state index in [9.17, 15) is 18.0 Å². The maximum Gasteiger partial charge on any atom is 0.272 e. The van der Waals surface area contributed by atoms with E-state index >= 15 is 0 Å². The number of amides is 1. The van der Waals surface area contributed by atoms with Gasteiger partial charge in [0.1, 0.15) is 17.7 Å². The maximum absolute atomic E-state index is 14.6. The van der Waals surface area contributed by atoms with Gasteiger partial charge in [0.05, 0.1) is 11.3 Å². The second-order valence-corrected chi connectivity index (χ2v) is 9.11. The third kappa shape index (κ3) is 4.50. The van der Waals surface area contributed by atoms with Crippen LogP contribution >= 0.6 is 0 Å². The van der Waals surface area contributed by atoms with Crippen LogP contribution in [0.1, 0.15) is 61.1 Å². The van der Waals surface area contributed by atoms with E-state index in [1.54, 1.807) is 11.5 Å². The summed E-state index contributed by atoms with van der Waals surface area (Å²) in [5.74, 6) is -3.21. The van der Waals surface area contributed by atoms with Gasteiger partial charge in [0.2, 0.25) is 5.89 Å². The number of fused-ring (bicyclic) bond motifs is 1. The van der Waals surface area contributed by atoms with Gasteiger partial charge in [-0.15, -0.1) is 0 Å². The van der Waals surface area contributed by atoms with Gasteiger partial charge < -0.3 is 19.7 Å². The van der Waals surface area contributed by atoms with Crippen molar-refractivity contribution in [2.45, 2.75) is 53.2 Å². The minimum Gasteiger partial charge on any atom is -0.338 e. The van der Waals surface area contributed by atoms with Crippen molar-refractivity contribution in [1.82, 2.24) is 30.3 Å². The van der Waals surface area contributed by atoms with Crippen LogP contribution in [0.25, 0.3) is 11.4 Å². The molecule has 1 unspecified atom stereocenters. The molecular formula is C22H25F3N6O2. The Bertz CT molecular complexity index is 1200. The lowest BCUT2D eigenvalue weighted by molar-refractivity contribution is 0.0875. The first kappa shape index (κ1) is 23.0. The SMILES string of the molecule is Cc1noc(C(NC(=O)c2nc(-c3cc(F)c(F)cc3F)n3c2CNCCC3)C(C)(C)C)n1. The van der Waals surface area contributed by atoms with Crippen molar-refractivity contribution < 1.29 is 22.5 Å². The van der Waals surface area contributed by atoms with Crippen LogP contribution in [0.3, 0.4) is 0 Å². The largest absolute Gasteiger partial charge is 0.338 e. The Kier molecular flexibility index (Phi) is 6.00. The molecule has 0 radical (unpaired) electrons. The van der Waals surface area contributed by atoms with Crippen LogP contribution in [0.5, 0.6) is 0 Å². The first-order chi connectivity index (χ1) is 15.6. The molecule has 0 aliphatic carbocycles. The van der Waals surface area contributed by atoms with Crippen molar-refractivity contribution >= 4 is 5.91 Å². The zero-order valence-corrected chi connectivity index (χ0v) is 18.8. The van der Waals surface area contributed by atoms with Crippen LogP contribution in [0, 0.1) is 29.8 Å². The van der Waals surface area contributed by atoms with Gasteiger partial charge in [0, 0.05) is 19.2 Å². The molecule has 33 heavy (non-hydrogen) atoms. The Hall–Kier alpha value is -3.21. The molecule has 0 fully saturated rings. The monoisotopic (exact) mass is 462 g/mol. The summed E-state index contributed by atoms with van der Waals surface area (Å²) in [5, 5.41) is 9.92. The normalized spacial score (nSPS) is 15.1. The molecule has 176 valence electrons. The van der Waals surface area contributed by atoms with Crippen molar-refractivity contribution in [3.8, 4) is 11.4 Å². The summed E-state index contributed by atoms with van der Waals surface area (Å²) in [7, 11) is 0. The first-order valence-electron chi connectivity index (χ1n) is 10.6. The predicted molar refractivity (Wildman–Crippen MR) is 113 cm³/mol. The highest BCUT2D eigenvalue weighted by molar-refractivity contribution is 5.94. The third-order valence-electron chi connectivity index (χ3n) is 5.50. The number of carbonyl (C=O) groups is 1. The average Bonchev–Trinajstić information content (AvgIpc) is 3.23. The van der Waals surface area contributed by atoms with E-state index in [4.69, 9.17) is 4.52 Å². The molecule has 8 nitrogen and oxygen atoms in total. The summed E-state index contributed by atoms with van der Waals surface area (Å²) in [6.45, 7) is 8.83. The number of nitrogens with one attached hydrogen (secondary N) is 2. The molecule has 4 rings (SSSR count). The molecule has 0 saturated carbocycles. The fourth-order valence-electron chi connectivity index (χ4n) is 3.84. The molecular weight excluding hydrogens is 437 g/mol.